The summed E-state index contributed by atoms with van der Waals surface area (Å²) in [6.45, 7) is 13.5. The molecule has 0 saturated carbocycles. The van der Waals surface area contributed by atoms with Gasteiger partial charge in [0.05, 0.1) is 0 Å². The first-order valence-corrected chi connectivity index (χ1v) is 6.41. The van der Waals surface area contributed by atoms with E-state index in [1.165, 1.54) is 22.3 Å². The summed E-state index contributed by atoms with van der Waals surface area (Å²) < 4.78 is 0. The Balaban J connectivity index is 0. The molecule has 3 heteroatoms. The fourth-order valence-electron chi connectivity index (χ4n) is 2.99. The third kappa shape index (κ3) is 3.71. The van der Waals surface area contributed by atoms with Crippen LogP contribution in [0.25, 0.3) is 0 Å². The van der Waals surface area contributed by atoms with Crippen molar-refractivity contribution in [1.29, 1.82) is 0 Å². The average molecular weight is 345 g/mol. The van der Waals surface area contributed by atoms with Crippen molar-refractivity contribution in [3.63, 3.8) is 0 Å². The molecule has 0 radical (unpaired) electrons. The zero-order chi connectivity index (χ0) is 12.8. The summed E-state index contributed by atoms with van der Waals surface area (Å²) >= 11 is 0. The van der Waals surface area contributed by atoms with Gasteiger partial charge in [-0.2, -0.15) is 22.3 Å². The van der Waals surface area contributed by atoms with E-state index in [2.05, 4.69) is 53.7 Å². The molecular weight excluding hydrogens is 323 g/mol. The second-order valence-electron chi connectivity index (χ2n) is 5.79. The van der Waals surface area contributed by atoms with Crippen LogP contribution in [0, 0.1) is 17.6 Å². The molecule has 0 saturated heterocycles. The third-order valence-corrected chi connectivity index (χ3v) is 4.60. The van der Waals surface area contributed by atoms with Gasteiger partial charge in [-0.15, -0.1) is 26.7 Å². The first-order valence-electron chi connectivity index (χ1n) is 6.41. The molecule has 0 nitrogen and oxygen atoms in total. The Bertz CT molecular complexity index is 447. The molecule has 0 fully saturated rings. The molecule has 108 valence electrons. The predicted molar refractivity (Wildman–Crippen MR) is 73.3 cm³/mol. The minimum atomic E-state index is 0. The van der Waals surface area contributed by atoms with Crippen molar-refractivity contribution in [2.75, 3.05) is 0 Å². The summed E-state index contributed by atoms with van der Waals surface area (Å²) in [7, 11) is 0. The predicted octanol–water partition coefficient (Wildman–Crippen LogP) is -1.04. The van der Waals surface area contributed by atoms with Crippen molar-refractivity contribution in [1.82, 2.24) is 0 Å². The number of hydrogen-bond donors (Lipinski definition) is 0. The van der Waals surface area contributed by atoms with Gasteiger partial charge in [0.25, 0.3) is 0 Å². The maximum atomic E-state index is 3.47. The van der Waals surface area contributed by atoms with E-state index in [9.17, 15) is 0 Å². The Morgan fingerprint density at radius 1 is 0.750 bits per heavy atom. The Kier molecular flexibility index (Phi) is 9.06. The normalized spacial score (nSPS) is 18.1. The molecule has 0 aliphatic heterocycles. The van der Waals surface area contributed by atoms with Crippen molar-refractivity contribution >= 4 is 0 Å². The molecule has 2 rings (SSSR count). The summed E-state index contributed by atoms with van der Waals surface area (Å²) in [5.74, 6) is 0. The van der Waals surface area contributed by atoms with Gasteiger partial charge in [0.2, 0.25) is 0 Å². The summed E-state index contributed by atoms with van der Waals surface area (Å²) in [5.41, 5.74) is 8.79. The molecule has 0 atom stereocenters. The monoisotopic (exact) mass is 344 g/mol. The van der Waals surface area contributed by atoms with Gasteiger partial charge in [-0.3, -0.25) is 12.2 Å². The first-order chi connectivity index (χ1) is 7.85. The minimum absolute atomic E-state index is 0. The van der Waals surface area contributed by atoms with Gasteiger partial charge < -0.3 is 24.8 Å². The van der Waals surface area contributed by atoms with Crippen LogP contribution in [0.2, 0.25) is 0 Å². The minimum Gasteiger partial charge on any atom is -1.00 e. The molecule has 0 aromatic carbocycles. The van der Waals surface area contributed by atoms with E-state index < -0.39 is 0 Å². The molecule has 2 aliphatic carbocycles. The zero-order valence-electron chi connectivity index (χ0n) is 13.2. The Morgan fingerprint density at radius 3 is 1.25 bits per heavy atom. The Morgan fingerprint density at radius 2 is 1.05 bits per heavy atom. The van der Waals surface area contributed by atoms with Crippen LogP contribution in [-0.4, -0.2) is 0 Å². The van der Waals surface area contributed by atoms with Crippen molar-refractivity contribution in [3.8, 4) is 0 Å². The second kappa shape index (κ2) is 8.04. The summed E-state index contributed by atoms with van der Waals surface area (Å²) in [4.78, 5) is 0. The molecule has 0 heterocycles. The molecule has 0 bridgehead atoms. The molecule has 0 amide bonds. The van der Waals surface area contributed by atoms with E-state index in [0.717, 1.165) is 12.8 Å². The van der Waals surface area contributed by atoms with Crippen LogP contribution in [0.1, 0.15) is 54.4 Å². The zero-order valence-corrected chi connectivity index (χ0v) is 16.2. The van der Waals surface area contributed by atoms with E-state index in [0.29, 0.717) is 0 Å². The maximum absolute atomic E-state index is 3.47. The average Bonchev–Trinajstić information content (AvgIpc) is 2.75. The van der Waals surface area contributed by atoms with E-state index >= 15 is 0 Å². The van der Waals surface area contributed by atoms with E-state index in [-0.39, 0.29) is 51.9 Å². The van der Waals surface area contributed by atoms with Gasteiger partial charge in [-0.1, -0.05) is 27.7 Å². The third-order valence-electron chi connectivity index (χ3n) is 4.60. The van der Waals surface area contributed by atoms with Crippen LogP contribution in [0.3, 0.4) is 0 Å². The van der Waals surface area contributed by atoms with Crippen LogP contribution in [0.4, 0.5) is 0 Å². The second-order valence-corrected chi connectivity index (χ2v) is 5.79. The van der Waals surface area contributed by atoms with Crippen LogP contribution in [0.15, 0.2) is 33.4 Å². The molecule has 2 aliphatic rings. The topological polar surface area (TPSA) is 0 Å². The molecular formula is C17H22Cl2Ti. The fraction of sp³-hybridized carbons (Fsp3) is 0.529. The van der Waals surface area contributed by atoms with Crippen LogP contribution >= 0.6 is 0 Å². The number of halogens is 2. The first kappa shape index (κ1) is 22.5. The van der Waals surface area contributed by atoms with E-state index in [1.54, 1.807) is 11.1 Å². The van der Waals surface area contributed by atoms with Crippen molar-refractivity contribution < 1.29 is 46.5 Å². The number of allylic oxidation sites excluding steroid dienone is 8. The van der Waals surface area contributed by atoms with Crippen LogP contribution in [0.5, 0.6) is 0 Å². The molecule has 20 heavy (non-hydrogen) atoms. The fourth-order valence-corrected chi connectivity index (χ4v) is 2.99. The van der Waals surface area contributed by atoms with Crippen molar-refractivity contribution in [2.45, 2.75) is 54.4 Å². The number of hydrogen-bond acceptors (Lipinski definition) is 0. The molecule has 0 unspecified atom stereocenters. The van der Waals surface area contributed by atoms with Gasteiger partial charge in [0.15, 0.2) is 0 Å². The van der Waals surface area contributed by atoms with Crippen molar-refractivity contribution in [3.05, 3.63) is 45.6 Å². The van der Waals surface area contributed by atoms with Crippen molar-refractivity contribution in [2.24, 2.45) is 5.41 Å². The van der Waals surface area contributed by atoms with Gasteiger partial charge in [0.1, 0.15) is 0 Å². The van der Waals surface area contributed by atoms with Gasteiger partial charge in [0, 0.05) is 0 Å². The molecule has 0 spiro atoms. The summed E-state index contributed by atoms with van der Waals surface area (Å²) in [6.07, 6.45) is 8.94. The maximum Gasteiger partial charge on any atom is 4.00 e. The van der Waals surface area contributed by atoms with Gasteiger partial charge in [-0.05, 0) is 5.41 Å². The summed E-state index contributed by atoms with van der Waals surface area (Å²) in [5, 5.41) is 0. The van der Waals surface area contributed by atoms with Gasteiger partial charge >= 0.3 is 21.7 Å². The molecule has 0 N–H and O–H groups in total. The van der Waals surface area contributed by atoms with Crippen LogP contribution < -0.4 is 24.8 Å². The van der Waals surface area contributed by atoms with Gasteiger partial charge in [-0.25, -0.2) is 11.1 Å². The summed E-state index contributed by atoms with van der Waals surface area (Å²) in [6, 6.07) is 0. The van der Waals surface area contributed by atoms with E-state index in [4.69, 9.17) is 0 Å². The van der Waals surface area contributed by atoms with E-state index in [1.807, 2.05) is 0 Å². The molecule has 0 aromatic rings. The number of rotatable bonds is 2. The SMILES string of the molecule is CC1=[C-]CC(C(C)(C)C2=C(C)C(C)=[C-]C2)=C1C.[Cl-].[Cl-].[Ti+4]. The largest absolute Gasteiger partial charge is 4.00 e. The van der Waals surface area contributed by atoms with Crippen LogP contribution in [-0.2, 0) is 21.7 Å². The molecule has 0 aromatic heterocycles. The smallest absolute Gasteiger partial charge is 1.00 e. The quantitative estimate of drug-likeness (QED) is 0.443. The Labute approximate surface area is 151 Å². The standard InChI is InChI=1S/C17H22.2ClH.Ti/c1-11-7-9-15(13(11)3)17(5,6)16-10-8-12(2)14(16)4;;;/h9-10H2,1-6H3;2*1H;/q-2;;;+4/p-2. The Hall–Kier alpha value is 0.254.